The molecule has 0 saturated carbocycles. The first kappa shape index (κ1) is 22.1. The number of fused-ring (bicyclic) bond motifs is 1. The lowest BCUT2D eigenvalue weighted by atomic mass is 9.94. The lowest BCUT2D eigenvalue weighted by Crippen LogP contribution is -2.47. The number of aromatic nitrogens is 1. The van der Waals surface area contributed by atoms with Gasteiger partial charge in [0.25, 0.3) is 5.91 Å². The van der Waals surface area contributed by atoms with Gasteiger partial charge in [0.05, 0.1) is 5.69 Å². The van der Waals surface area contributed by atoms with E-state index in [4.69, 9.17) is 11.5 Å². The van der Waals surface area contributed by atoms with Crippen LogP contribution < -0.4 is 11.5 Å². The van der Waals surface area contributed by atoms with Crippen LogP contribution in [0.15, 0.2) is 24.3 Å². The van der Waals surface area contributed by atoms with Gasteiger partial charge in [0.15, 0.2) is 0 Å². The van der Waals surface area contributed by atoms with Crippen LogP contribution in [0.3, 0.4) is 0 Å². The Labute approximate surface area is 192 Å². The van der Waals surface area contributed by atoms with Gasteiger partial charge in [0.1, 0.15) is 27.2 Å². The molecule has 4 rings (SSSR count). The van der Waals surface area contributed by atoms with Crippen LogP contribution in [0.5, 0.6) is 0 Å². The number of hydrogen-bond acceptors (Lipinski definition) is 6. The summed E-state index contributed by atoms with van der Waals surface area (Å²) in [4.78, 5) is 21.0. The van der Waals surface area contributed by atoms with Gasteiger partial charge in [0.2, 0.25) is 0 Å². The number of likely N-dealkylation sites (tertiary alicyclic amines) is 1. The molecule has 1 aromatic carbocycles. The normalized spacial score (nSPS) is 18.8. The number of nitrogens with two attached hydrogens (primary N) is 2. The van der Waals surface area contributed by atoms with Crippen LogP contribution in [0, 0.1) is 11.3 Å². The standard InChI is InChI=1S/C25H29N5OS/c1-13(2)16-8-10-17(11-9-16)19-18(12-26)23(28)29-24-20(19)21(27)22(32-24)25(31)30-14(3)6-5-7-15(30)4/h8-11,13-15H,5-7,27H2,1-4H3,(H2,28,29)/t14-,15-/m0/s1. The first-order valence-electron chi connectivity index (χ1n) is 11.1. The number of anilines is 2. The van der Waals surface area contributed by atoms with Gasteiger partial charge < -0.3 is 16.4 Å². The molecule has 1 saturated heterocycles. The minimum Gasteiger partial charge on any atom is -0.397 e. The molecule has 3 heterocycles. The Morgan fingerprint density at radius 2 is 1.81 bits per heavy atom. The van der Waals surface area contributed by atoms with Gasteiger partial charge in [-0.1, -0.05) is 38.1 Å². The fraction of sp³-hybridized carbons (Fsp3) is 0.400. The Balaban J connectivity index is 1.92. The molecule has 7 heteroatoms. The molecule has 0 bridgehead atoms. The third-order valence-corrected chi connectivity index (χ3v) is 7.59. The minimum atomic E-state index is -0.0663. The summed E-state index contributed by atoms with van der Waals surface area (Å²) < 4.78 is 0. The molecule has 0 unspecified atom stereocenters. The maximum Gasteiger partial charge on any atom is 0.266 e. The fourth-order valence-electron chi connectivity index (χ4n) is 4.70. The summed E-state index contributed by atoms with van der Waals surface area (Å²) in [6, 6.07) is 10.6. The molecular formula is C25H29N5OS. The van der Waals surface area contributed by atoms with E-state index in [1.807, 2.05) is 17.0 Å². The van der Waals surface area contributed by atoms with Crippen LogP contribution in [0.1, 0.15) is 73.7 Å². The Morgan fingerprint density at radius 1 is 1.19 bits per heavy atom. The number of rotatable bonds is 3. The highest BCUT2D eigenvalue weighted by Crippen LogP contribution is 2.43. The second-order valence-electron chi connectivity index (χ2n) is 9.00. The van der Waals surface area contributed by atoms with Crippen molar-refractivity contribution in [3.8, 4) is 17.2 Å². The highest BCUT2D eigenvalue weighted by molar-refractivity contribution is 7.21. The van der Waals surface area contributed by atoms with E-state index in [2.05, 4.69) is 50.9 Å². The third kappa shape index (κ3) is 3.59. The van der Waals surface area contributed by atoms with Crippen LogP contribution in [0.2, 0.25) is 0 Å². The highest BCUT2D eigenvalue weighted by Gasteiger charge is 2.33. The maximum atomic E-state index is 13.6. The smallest absolute Gasteiger partial charge is 0.266 e. The number of piperidine rings is 1. The van der Waals surface area contributed by atoms with Gasteiger partial charge >= 0.3 is 0 Å². The summed E-state index contributed by atoms with van der Waals surface area (Å²) in [6.07, 6.45) is 3.09. The number of nitrogen functional groups attached to an aromatic ring is 2. The summed E-state index contributed by atoms with van der Waals surface area (Å²) in [5.41, 5.74) is 16.1. The second-order valence-corrected chi connectivity index (χ2v) is 10.0. The molecule has 6 nitrogen and oxygen atoms in total. The number of thiophene rings is 1. The third-order valence-electron chi connectivity index (χ3n) is 6.50. The van der Waals surface area contributed by atoms with Crippen molar-refractivity contribution < 1.29 is 4.79 Å². The van der Waals surface area contributed by atoms with Gasteiger partial charge in [-0.25, -0.2) is 4.98 Å². The van der Waals surface area contributed by atoms with E-state index in [-0.39, 0.29) is 29.4 Å². The molecule has 1 aliphatic rings. The molecule has 1 fully saturated rings. The summed E-state index contributed by atoms with van der Waals surface area (Å²) >= 11 is 1.26. The molecule has 0 aliphatic carbocycles. The number of hydrogen-bond donors (Lipinski definition) is 2. The molecule has 1 aliphatic heterocycles. The van der Waals surface area contributed by atoms with Crippen molar-refractivity contribution in [2.45, 2.75) is 65.0 Å². The molecule has 4 N–H and O–H groups in total. The quantitative estimate of drug-likeness (QED) is 0.549. The van der Waals surface area contributed by atoms with Crippen LogP contribution in [-0.2, 0) is 0 Å². The van der Waals surface area contributed by atoms with E-state index in [9.17, 15) is 10.1 Å². The molecule has 0 radical (unpaired) electrons. The molecule has 2 atom stereocenters. The number of nitrogens with zero attached hydrogens (tertiary/aromatic N) is 3. The number of nitriles is 1. The second kappa shape index (κ2) is 8.44. The number of amides is 1. The van der Waals surface area contributed by atoms with Crippen LogP contribution >= 0.6 is 11.3 Å². The van der Waals surface area contributed by atoms with E-state index >= 15 is 0 Å². The van der Waals surface area contributed by atoms with Crippen molar-refractivity contribution in [1.29, 1.82) is 5.26 Å². The Bertz CT molecular complexity index is 1210. The minimum absolute atomic E-state index is 0.0663. The molecule has 2 aromatic heterocycles. The Hall–Kier alpha value is -3.11. The number of carbonyl (C=O) groups is 1. The van der Waals surface area contributed by atoms with Crippen LogP contribution in [-0.4, -0.2) is 27.9 Å². The van der Waals surface area contributed by atoms with E-state index in [1.54, 1.807) is 0 Å². The fourth-order valence-corrected chi connectivity index (χ4v) is 5.76. The SMILES string of the molecule is CC(C)c1ccc(-c2c(C#N)c(N)nc3sc(C(=O)N4[C@@H](C)CCC[C@@H]4C)c(N)c23)cc1. The zero-order valence-electron chi connectivity index (χ0n) is 19.0. The van der Waals surface area contributed by atoms with Crippen LogP contribution in [0.25, 0.3) is 21.3 Å². The zero-order valence-corrected chi connectivity index (χ0v) is 19.8. The average Bonchev–Trinajstić information content (AvgIpc) is 3.08. The van der Waals surface area contributed by atoms with Crippen molar-refractivity contribution in [1.82, 2.24) is 9.88 Å². The Morgan fingerprint density at radius 3 is 2.38 bits per heavy atom. The van der Waals surface area contributed by atoms with Crippen molar-refractivity contribution in [2.24, 2.45) is 0 Å². The zero-order chi connectivity index (χ0) is 23.2. The molecule has 1 amide bonds. The van der Waals surface area contributed by atoms with Gasteiger partial charge in [-0.15, -0.1) is 11.3 Å². The first-order chi connectivity index (χ1) is 15.2. The average molecular weight is 448 g/mol. The van der Waals surface area contributed by atoms with E-state index in [1.165, 1.54) is 16.9 Å². The van der Waals surface area contributed by atoms with E-state index in [0.717, 1.165) is 24.8 Å². The van der Waals surface area contributed by atoms with Gasteiger partial charge in [-0.05, 0) is 50.2 Å². The predicted octanol–water partition coefficient (Wildman–Crippen LogP) is 5.53. The lowest BCUT2D eigenvalue weighted by Gasteiger charge is -2.38. The predicted molar refractivity (Wildman–Crippen MR) is 132 cm³/mol. The van der Waals surface area contributed by atoms with E-state index in [0.29, 0.717) is 32.3 Å². The summed E-state index contributed by atoms with van der Waals surface area (Å²) in [6.45, 7) is 8.44. The molecule has 166 valence electrons. The van der Waals surface area contributed by atoms with Crippen molar-refractivity contribution in [3.63, 3.8) is 0 Å². The highest BCUT2D eigenvalue weighted by atomic mass is 32.1. The molecule has 32 heavy (non-hydrogen) atoms. The molecule has 0 spiro atoms. The number of benzene rings is 1. The van der Waals surface area contributed by atoms with Crippen LogP contribution in [0.4, 0.5) is 11.5 Å². The lowest BCUT2D eigenvalue weighted by molar-refractivity contribution is 0.0517. The first-order valence-corrected chi connectivity index (χ1v) is 11.9. The monoisotopic (exact) mass is 447 g/mol. The summed E-state index contributed by atoms with van der Waals surface area (Å²) in [7, 11) is 0. The summed E-state index contributed by atoms with van der Waals surface area (Å²) in [5, 5.41) is 10.5. The topological polar surface area (TPSA) is 109 Å². The maximum absolute atomic E-state index is 13.6. The molecule has 3 aromatic rings. The van der Waals surface area contributed by atoms with Crippen molar-refractivity contribution in [2.75, 3.05) is 11.5 Å². The van der Waals surface area contributed by atoms with Gasteiger partial charge in [0, 0.05) is 23.0 Å². The van der Waals surface area contributed by atoms with Crippen molar-refractivity contribution >= 4 is 39.0 Å². The van der Waals surface area contributed by atoms with E-state index < -0.39 is 0 Å². The number of pyridine rings is 1. The largest absolute Gasteiger partial charge is 0.397 e. The summed E-state index contributed by atoms with van der Waals surface area (Å²) in [5.74, 6) is 0.484. The van der Waals surface area contributed by atoms with Crippen molar-refractivity contribution in [3.05, 3.63) is 40.3 Å². The number of carbonyl (C=O) groups excluding carboxylic acids is 1. The van der Waals surface area contributed by atoms with Gasteiger partial charge in [-0.3, -0.25) is 4.79 Å². The Kier molecular flexibility index (Phi) is 5.83. The molecular weight excluding hydrogens is 418 g/mol. The van der Waals surface area contributed by atoms with Gasteiger partial charge in [-0.2, -0.15) is 5.26 Å².